The van der Waals surface area contributed by atoms with Crippen LogP contribution in [0.1, 0.15) is 5.56 Å². The van der Waals surface area contributed by atoms with Gasteiger partial charge >= 0.3 is 0 Å². The maximum atomic E-state index is 9.85. The molecule has 1 N–H and O–H groups in total. The van der Waals surface area contributed by atoms with Crippen LogP contribution in [-0.2, 0) is 0 Å². The standard InChI is InChI=1S/C13H17IN2O2S/c1-15-3-5-16(6-4-15)13(19)9-7-10(14)12(17)11(8-9)18-2/h7-8,17H,3-6H2,1-2H3. The van der Waals surface area contributed by atoms with Crippen LogP contribution in [0, 0.1) is 3.57 Å². The first-order valence-electron chi connectivity index (χ1n) is 6.07. The average Bonchev–Trinajstić information content (AvgIpc) is 2.41. The smallest absolute Gasteiger partial charge is 0.171 e. The minimum absolute atomic E-state index is 0.174. The van der Waals surface area contributed by atoms with Gasteiger partial charge in [-0.1, -0.05) is 12.2 Å². The molecule has 0 unspecified atom stereocenters. The fourth-order valence-electron chi connectivity index (χ4n) is 2.05. The molecule has 0 amide bonds. The summed E-state index contributed by atoms with van der Waals surface area (Å²) in [5, 5.41) is 9.85. The highest BCUT2D eigenvalue weighted by molar-refractivity contribution is 14.1. The fourth-order valence-corrected chi connectivity index (χ4v) is 2.95. The van der Waals surface area contributed by atoms with Crippen molar-refractivity contribution in [3.8, 4) is 11.5 Å². The van der Waals surface area contributed by atoms with Gasteiger partial charge < -0.3 is 19.6 Å². The first-order valence-corrected chi connectivity index (χ1v) is 7.56. The van der Waals surface area contributed by atoms with Gasteiger partial charge in [-0.25, -0.2) is 0 Å². The molecule has 0 aromatic heterocycles. The summed E-state index contributed by atoms with van der Waals surface area (Å²) in [6, 6.07) is 3.71. The molecule has 1 aliphatic heterocycles. The Morgan fingerprint density at radius 2 is 1.95 bits per heavy atom. The summed E-state index contributed by atoms with van der Waals surface area (Å²) < 4.78 is 5.93. The second kappa shape index (κ2) is 6.23. The van der Waals surface area contributed by atoms with E-state index >= 15 is 0 Å². The van der Waals surface area contributed by atoms with Gasteiger partial charge in [0.15, 0.2) is 11.5 Å². The molecule has 1 aliphatic rings. The zero-order valence-electron chi connectivity index (χ0n) is 11.0. The highest BCUT2D eigenvalue weighted by Gasteiger charge is 2.19. The summed E-state index contributed by atoms with van der Waals surface area (Å²) in [6.45, 7) is 3.92. The topological polar surface area (TPSA) is 35.9 Å². The Morgan fingerprint density at radius 3 is 2.53 bits per heavy atom. The number of aromatic hydroxyl groups is 1. The summed E-state index contributed by atoms with van der Waals surface area (Å²) >= 11 is 7.65. The highest BCUT2D eigenvalue weighted by atomic mass is 127. The van der Waals surface area contributed by atoms with Crippen LogP contribution in [0.25, 0.3) is 0 Å². The summed E-state index contributed by atoms with van der Waals surface area (Å²) in [7, 11) is 3.67. The lowest BCUT2D eigenvalue weighted by Crippen LogP contribution is -2.46. The molecule has 1 aromatic rings. The lowest BCUT2D eigenvalue weighted by molar-refractivity contribution is 0.218. The number of hydrogen-bond acceptors (Lipinski definition) is 4. The molecule has 1 saturated heterocycles. The van der Waals surface area contributed by atoms with Gasteiger partial charge in [0, 0.05) is 31.7 Å². The SMILES string of the molecule is COc1cc(C(=S)N2CCN(C)CC2)cc(I)c1O. The third kappa shape index (κ3) is 3.29. The molecule has 0 radical (unpaired) electrons. The number of halogens is 1. The maximum Gasteiger partial charge on any atom is 0.171 e. The van der Waals surface area contributed by atoms with Crippen molar-refractivity contribution in [2.75, 3.05) is 40.3 Å². The molecule has 1 aromatic carbocycles. The van der Waals surface area contributed by atoms with Gasteiger partial charge in [-0.05, 0) is 41.8 Å². The van der Waals surface area contributed by atoms with Crippen LogP contribution in [0.3, 0.4) is 0 Å². The molecule has 104 valence electrons. The molecule has 0 spiro atoms. The number of benzene rings is 1. The van der Waals surface area contributed by atoms with Crippen molar-refractivity contribution in [1.82, 2.24) is 9.80 Å². The Kier molecular flexibility index (Phi) is 4.86. The van der Waals surface area contributed by atoms with E-state index in [2.05, 4.69) is 39.4 Å². The van der Waals surface area contributed by atoms with E-state index in [-0.39, 0.29) is 5.75 Å². The van der Waals surface area contributed by atoms with Crippen LogP contribution >= 0.6 is 34.8 Å². The first kappa shape index (κ1) is 14.8. The number of piperazine rings is 1. The molecule has 0 bridgehead atoms. The van der Waals surface area contributed by atoms with Gasteiger partial charge in [-0.15, -0.1) is 0 Å². The van der Waals surface area contributed by atoms with E-state index in [4.69, 9.17) is 17.0 Å². The molecule has 2 rings (SSSR count). The molecule has 1 heterocycles. The number of rotatable bonds is 2. The van der Waals surface area contributed by atoms with Gasteiger partial charge in [-0.3, -0.25) is 0 Å². The quantitative estimate of drug-likeness (QED) is 0.615. The van der Waals surface area contributed by atoms with Crippen LogP contribution in [0.4, 0.5) is 0 Å². The number of nitrogens with zero attached hydrogens (tertiary/aromatic N) is 2. The van der Waals surface area contributed by atoms with Crippen LogP contribution in [0.5, 0.6) is 11.5 Å². The summed E-state index contributed by atoms with van der Waals surface area (Å²) in [5.74, 6) is 0.645. The second-order valence-corrected chi connectivity index (χ2v) is 6.15. The van der Waals surface area contributed by atoms with E-state index < -0.39 is 0 Å². The van der Waals surface area contributed by atoms with E-state index in [1.54, 1.807) is 13.2 Å². The van der Waals surface area contributed by atoms with Gasteiger partial charge in [0.25, 0.3) is 0 Å². The zero-order valence-corrected chi connectivity index (χ0v) is 14.0. The average molecular weight is 392 g/mol. The molecular formula is C13H17IN2O2S. The minimum atomic E-state index is 0.174. The van der Waals surface area contributed by atoms with Crippen molar-refractivity contribution < 1.29 is 9.84 Å². The summed E-state index contributed by atoms with van der Waals surface area (Å²) in [6.07, 6.45) is 0. The predicted octanol–water partition coefficient (Wildman–Crippen LogP) is 1.93. The first-order chi connectivity index (χ1) is 9.02. The van der Waals surface area contributed by atoms with Crippen LogP contribution < -0.4 is 4.74 Å². The van der Waals surface area contributed by atoms with Crippen molar-refractivity contribution in [3.05, 3.63) is 21.3 Å². The molecular weight excluding hydrogens is 375 g/mol. The molecule has 6 heteroatoms. The van der Waals surface area contributed by atoms with Crippen LogP contribution in [0.15, 0.2) is 12.1 Å². The fraction of sp³-hybridized carbons (Fsp3) is 0.462. The lowest BCUT2D eigenvalue weighted by atomic mass is 10.1. The predicted molar refractivity (Wildman–Crippen MR) is 88.1 cm³/mol. The molecule has 0 saturated carbocycles. The second-order valence-electron chi connectivity index (χ2n) is 4.60. The number of ether oxygens (including phenoxy) is 1. The van der Waals surface area contributed by atoms with E-state index in [1.165, 1.54) is 0 Å². The van der Waals surface area contributed by atoms with E-state index in [0.29, 0.717) is 5.75 Å². The van der Waals surface area contributed by atoms with Crippen molar-refractivity contribution in [3.63, 3.8) is 0 Å². The van der Waals surface area contributed by atoms with Crippen molar-refractivity contribution >= 4 is 39.8 Å². The van der Waals surface area contributed by atoms with E-state index in [9.17, 15) is 5.11 Å². The Morgan fingerprint density at radius 1 is 1.32 bits per heavy atom. The maximum absolute atomic E-state index is 9.85. The van der Waals surface area contributed by atoms with Crippen molar-refractivity contribution in [2.45, 2.75) is 0 Å². The molecule has 0 aliphatic carbocycles. The molecule has 4 nitrogen and oxygen atoms in total. The molecule has 0 atom stereocenters. The number of hydrogen-bond donors (Lipinski definition) is 1. The number of methoxy groups -OCH3 is 1. The lowest BCUT2D eigenvalue weighted by Gasteiger charge is -2.34. The van der Waals surface area contributed by atoms with Crippen molar-refractivity contribution in [1.29, 1.82) is 0 Å². The Hall–Kier alpha value is -0.600. The van der Waals surface area contributed by atoms with E-state index in [1.807, 2.05) is 6.07 Å². The van der Waals surface area contributed by atoms with E-state index in [0.717, 1.165) is 40.3 Å². The molecule has 1 fully saturated rings. The Labute approximate surface area is 132 Å². The highest BCUT2D eigenvalue weighted by Crippen LogP contribution is 2.33. The van der Waals surface area contributed by atoms with Crippen molar-refractivity contribution in [2.24, 2.45) is 0 Å². The largest absolute Gasteiger partial charge is 0.504 e. The van der Waals surface area contributed by atoms with Gasteiger partial charge in [0.1, 0.15) is 4.99 Å². The monoisotopic (exact) mass is 392 g/mol. The van der Waals surface area contributed by atoms with Crippen LogP contribution in [-0.4, -0.2) is 60.2 Å². The number of phenols is 1. The molecule has 19 heavy (non-hydrogen) atoms. The number of thiocarbonyl (C=S) groups is 1. The van der Waals surface area contributed by atoms with Crippen LogP contribution in [0.2, 0.25) is 0 Å². The zero-order chi connectivity index (χ0) is 14.0. The normalized spacial score (nSPS) is 16.5. The Balaban J connectivity index is 2.22. The third-order valence-corrected chi connectivity index (χ3v) is 4.60. The minimum Gasteiger partial charge on any atom is -0.504 e. The summed E-state index contributed by atoms with van der Waals surface area (Å²) in [4.78, 5) is 5.32. The summed E-state index contributed by atoms with van der Waals surface area (Å²) in [5.41, 5.74) is 0.929. The number of likely N-dealkylation sites (N-methyl/N-ethyl adjacent to an activating group) is 1. The van der Waals surface area contributed by atoms with Gasteiger partial charge in [-0.2, -0.15) is 0 Å². The third-order valence-electron chi connectivity index (χ3n) is 3.29. The van der Waals surface area contributed by atoms with Gasteiger partial charge in [0.2, 0.25) is 0 Å². The van der Waals surface area contributed by atoms with Gasteiger partial charge in [0.05, 0.1) is 10.7 Å². The number of phenolic OH excluding ortho intramolecular Hbond substituents is 1. The Bertz CT molecular complexity index is 488.